The molecule has 2 aromatic rings. The summed E-state index contributed by atoms with van der Waals surface area (Å²) in [6.07, 6.45) is 8.14. The van der Waals surface area contributed by atoms with E-state index in [9.17, 15) is 0 Å². The van der Waals surface area contributed by atoms with Crippen molar-refractivity contribution in [3.8, 4) is 0 Å². The summed E-state index contributed by atoms with van der Waals surface area (Å²) >= 11 is 0. The number of anilines is 2. The Morgan fingerprint density at radius 1 is 1.33 bits per heavy atom. The number of hydrogen-bond donors (Lipinski definition) is 3. The van der Waals surface area contributed by atoms with Crippen molar-refractivity contribution in [2.45, 2.75) is 46.0 Å². The molecule has 1 aliphatic carbocycles. The molecule has 0 aromatic carbocycles. The van der Waals surface area contributed by atoms with E-state index >= 15 is 0 Å². The number of nitrogens with two attached hydrogens (primary N) is 1. The molecular formula is C15H24N6. The molecule has 0 aliphatic heterocycles. The Labute approximate surface area is 125 Å². The topological polar surface area (TPSA) is 92.5 Å². The maximum absolute atomic E-state index is 5.77. The Bertz CT molecular complexity index is 612. The molecule has 0 saturated heterocycles. The summed E-state index contributed by atoms with van der Waals surface area (Å²) in [5, 5.41) is 3.50. The molecule has 6 heteroatoms. The largest absolute Gasteiger partial charge is 0.368 e. The summed E-state index contributed by atoms with van der Waals surface area (Å²) in [5.41, 5.74) is 7.61. The molecule has 0 atom stereocenters. The third kappa shape index (κ3) is 2.94. The van der Waals surface area contributed by atoms with Crippen molar-refractivity contribution in [2.24, 2.45) is 11.3 Å². The molecule has 6 nitrogen and oxygen atoms in total. The summed E-state index contributed by atoms with van der Waals surface area (Å²) in [7, 11) is 0. The van der Waals surface area contributed by atoms with Crippen molar-refractivity contribution < 1.29 is 0 Å². The first-order chi connectivity index (χ1) is 10.1. The second-order valence-corrected chi connectivity index (χ2v) is 6.69. The number of nitrogens with zero attached hydrogens (tertiary/aromatic N) is 3. The number of fused-ring (bicyclic) bond motifs is 1. The van der Waals surface area contributed by atoms with Crippen LogP contribution >= 0.6 is 0 Å². The van der Waals surface area contributed by atoms with Crippen LogP contribution in [0.3, 0.4) is 0 Å². The van der Waals surface area contributed by atoms with Crippen LogP contribution in [0.25, 0.3) is 11.2 Å². The zero-order valence-corrected chi connectivity index (χ0v) is 12.8. The van der Waals surface area contributed by atoms with Gasteiger partial charge in [0.05, 0.1) is 6.33 Å². The van der Waals surface area contributed by atoms with Crippen LogP contribution in [0.2, 0.25) is 0 Å². The standard InChI is InChI=1S/C15H24N6/c1-10(2)7-15(5-3-4-6-15)8-17-12-11-13(19-9-18-11)21-14(16)20-12/h9-10H,3-8H2,1-2H3,(H4,16,17,18,19,20,21). The number of H-pyrrole nitrogens is 1. The van der Waals surface area contributed by atoms with Crippen molar-refractivity contribution in [1.82, 2.24) is 19.9 Å². The lowest BCUT2D eigenvalue weighted by molar-refractivity contribution is 0.252. The summed E-state index contributed by atoms with van der Waals surface area (Å²) in [6, 6.07) is 0. The smallest absolute Gasteiger partial charge is 0.224 e. The molecule has 114 valence electrons. The van der Waals surface area contributed by atoms with Gasteiger partial charge in [0.1, 0.15) is 5.52 Å². The normalized spacial score (nSPS) is 17.7. The highest BCUT2D eigenvalue weighted by Gasteiger charge is 2.34. The molecule has 4 N–H and O–H groups in total. The lowest BCUT2D eigenvalue weighted by atomic mass is 9.78. The molecule has 0 amide bonds. The van der Waals surface area contributed by atoms with Gasteiger partial charge in [-0.05, 0) is 30.6 Å². The summed E-state index contributed by atoms with van der Waals surface area (Å²) in [5.74, 6) is 1.75. The van der Waals surface area contributed by atoms with E-state index in [1.165, 1.54) is 32.1 Å². The maximum Gasteiger partial charge on any atom is 0.224 e. The van der Waals surface area contributed by atoms with Crippen molar-refractivity contribution >= 4 is 22.9 Å². The van der Waals surface area contributed by atoms with Gasteiger partial charge in [0.25, 0.3) is 0 Å². The van der Waals surface area contributed by atoms with Gasteiger partial charge in [-0.25, -0.2) is 4.98 Å². The minimum Gasteiger partial charge on any atom is -0.368 e. The first-order valence-electron chi connectivity index (χ1n) is 7.78. The molecule has 0 radical (unpaired) electrons. The fourth-order valence-corrected chi connectivity index (χ4v) is 3.69. The molecule has 0 spiro atoms. The van der Waals surface area contributed by atoms with Gasteiger partial charge in [0.15, 0.2) is 11.5 Å². The zero-order valence-electron chi connectivity index (χ0n) is 12.8. The average Bonchev–Trinajstić information content (AvgIpc) is 3.04. The quantitative estimate of drug-likeness (QED) is 0.786. The maximum atomic E-state index is 5.77. The second kappa shape index (κ2) is 5.50. The third-order valence-corrected chi connectivity index (χ3v) is 4.44. The fourth-order valence-electron chi connectivity index (χ4n) is 3.69. The third-order valence-electron chi connectivity index (χ3n) is 4.44. The average molecular weight is 288 g/mol. The first kappa shape index (κ1) is 14.1. The van der Waals surface area contributed by atoms with E-state index in [0.29, 0.717) is 17.0 Å². The Balaban J connectivity index is 1.80. The number of hydrogen-bond acceptors (Lipinski definition) is 5. The molecule has 2 heterocycles. The Morgan fingerprint density at radius 2 is 2.10 bits per heavy atom. The van der Waals surface area contributed by atoms with Gasteiger partial charge >= 0.3 is 0 Å². The highest BCUT2D eigenvalue weighted by molar-refractivity contribution is 5.83. The van der Waals surface area contributed by atoms with E-state index in [1.54, 1.807) is 6.33 Å². The van der Waals surface area contributed by atoms with Crippen molar-refractivity contribution in [1.29, 1.82) is 0 Å². The monoisotopic (exact) mass is 288 g/mol. The molecule has 21 heavy (non-hydrogen) atoms. The van der Waals surface area contributed by atoms with Crippen LogP contribution in [0.1, 0.15) is 46.0 Å². The highest BCUT2D eigenvalue weighted by atomic mass is 15.1. The van der Waals surface area contributed by atoms with Gasteiger partial charge in [-0.1, -0.05) is 26.7 Å². The van der Waals surface area contributed by atoms with Crippen molar-refractivity contribution in [2.75, 3.05) is 17.6 Å². The zero-order chi connectivity index (χ0) is 14.9. The van der Waals surface area contributed by atoms with Gasteiger partial charge in [0.2, 0.25) is 5.95 Å². The van der Waals surface area contributed by atoms with Gasteiger partial charge in [-0.2, -0.15) is 9.97 Å². The van der Waals surface area contributed by atoms with Crippen LogP contribution in [0.4, 0.5) is 11.8 Å². The first-order valence-corrected chi connectivity index (χ1v) is 7.78. The molecule has 3 rings (SSSR count). The molecule has 2 aromatic heterocycles. The fraction of sp³-hybridized carbons (Fsp3) is 0.667. The molecule has 1 aliphatic rings. The number of aromatic nitrogens is 4. The van der Waals surface area contributed by atoms with Crippen LogP contribution in [0.15, 0.2) is 6.33 Å². The number of aromatic amines is 1. The predicted molar refractivity (Wildman–Crippen MR) is 84.9 cm³/mol. The van der Waals surface area contributed by atoms with E-state index in [4.69, 9.17) is 5.73 Å². The van der Waals surface area contributed by atoms with E-state index in [1.807, 2.05) is 0 Å². The van der Waals surface area contributed by atoms with Crippen LogP contribution in [0.5, 0.6) is 0 Å². The number of nitrogens with one attached hydrogen (secondary N) is 2. The van der Waals surface area contributed by atoms with Gasteiger partial charge in [0, 0.05) is 6.54 Å². The summed E-state index contributed by atoms with van der Waals surface area (Å²) < 4.78 is 0. The summed E-state index contributed by atoms with van der Waals surface area (Å²) in [6.45, 7) is 5.54. The van der Waals surface area contributed by atoms with Gasteiger partial charge in [-0.3, -0.25) is 0 Å². The summed E-state index contributed by atoms with van der Waals surface area (Å²) in [4.78, 5) is 15.7. The lowest BCUT2D eigenvalue weighted by Crippen LogP contribution is -2.29. The number of imidazole rings is 1. The van der Waals surface area contributed by atoms with Gasteiger partial charge < -0.3 is 16.0 Å². The molecule has 0 bridgehead atoms. The van der Waals surface area contributed by atoms with Crippen molar-refractivity contribution in [3.63, 3.8) is 0 Å². The molecular weight excluding hydrogens is 264 g/mol. The van der Waals surface area contributed by atoms with Gasteiger partial charge in [-0.15, -0.1) is 0 Å². The van der Waals surface area contributed by atoms with E-state index < -0.39 is 0 Å². The van der Waals surface area contributed by atoms with E-state index in [2.05, 4.69) is 39.1 Å². The van der Waals surface area contributed by atoms with E-state index in [-0.39, 0.29) is 5.95 Å². The second-order valence-electron chi connectivity index (χ2n) is 6.69. The number of rotatable bonds is 5. The van der Waals surface area contributed by atoms with Crippen molar-refractivity contribution in [3.05, 3.63) is 6.33 Å². The Morgan fingerprint density at radius 3 is 2.81 bits per heavy atom. The Hall–Kier alpha value is -1.85. The molecule has 0 unspecified atom stereocenters. The van der Waals surface area contributed by atoms with E-state index in [0.717, 1.165) is 17.9 Å². The van der Waals surface area contributed by atoms with Crippen LogP contribution in [-0.2, 0) is 0 Å². The predicted octanol–water partition coefficient (Wildman–Crippen LogP) is 2.95. The minimum absolute atomic E-state index is 0.265. The van der Waals surface area contributed by atoms with Crippen LogP contribution < -0.4 is 11.1 Å². The SMILES string of the molecule is CC(C)CC1(CNc2nc(N)nc3nc[nH]c23)CCCC1. The lowest BCUT2D eigenvalue weighted by Gasteiger charge is -2.31. The Kier molecular flexibility index (Phi) is 3.69. The highest BCUT2D eigenvalue weighted by Crippen LogP contribution is 2.43. The molecule has 1 fully saturated rings. The minimum atomic E-state index is 0.265. The van der Waals surface area contributed by atoms with Crippen LogP contribution in [0, 0.1) is 11.3 Å². The van der Waals surface area contributed by atoms with Crippen LogP contribution in [-0.4, -0.2) is 26.5 Å². The number of nitrogen functional groups attached to an aromatic ring is 1. The molecule has 1 saturated carbocycles.